The highest BCUT2D eigenvalue weighted by atomic mass is 32.1. The van der Waals surface area contributed by atoms with Gasteiger partial charge in [-0.1, -0.05) is 18.2 Å². The fourth-order valence-electron chi connectivity index (χ4n) is 2.64. The highest BCUT2D eigenvalue weighted by molar-refractivity contribution is 7.20. The number of carbonyl (C=O) groups excluding carboxylic acids is 1. The second-order valence-electron chi connectivity index (χ2n) is 5.69. The number of nitrogens with one attached hydrogen (secondary N) is 1. The number of para-hydroxylation sites is 1. The molecule has 0 aliphatic rings. The fourth-order valence-corrected chi connectivity index (χ4v) is 4.48. The summed E-state index contributed by atoms with van der Waals surface area (Å²) in [5, 5.41) is 9.60. The molecule has 0 unspecified atom stereocenters. The number of hydrogen-bond donors (Lipinski definition) is 1. The van der Waals surface area contributed by atoms with Crippen LogP contribution in [0.4, 0.5) is 0 Å². The first-order valence-corrected chi connectivity index (χ1v) is 9.49. The number of hydrogen-bond acceptors (Lipinski definition) is 5. The first kappa shape index (κ1) is 16.0. The van der Waals surface area contributed by atoms with E-state index in [9.17, 15) is 4.79 Å². The van der Waals surface area contributed by atoms with Crippen LogP contribution in [0.2, 0.25) is 0 Å². The number of benzene rings is 1. The summed E-state index contributed by atoms with van der Waals surface area (Å²) < 4.78 is 1.90. The Hall–Kier alpha value is -2.51. The summed E-state index contributed by atoms with van der Waals surface area (Å²) in [5.41, 5.74) is 1.92. The van der Waals surface area contributed by atoms with Gasteiger partial charge < -0.3 is 5.32 Å². The number of rotatable bonds is 4. The highest BCUT2D eigenvalue weighted by Crippen LogP contribution is 2.30. The molecule has 7 heteroatoms. The Morgan fingerprint density at radius 2 is 2.00 bits per heavy atom. The van der Waals surface area contributed by atoms with Crippen LogP contribution in [0.3, 0.4) is 0 Å². The van der Waals surface area contributed by atoms with E-state index in [1.807, 2.05) is 61.1 Å². The smallest absolute Gasteiger partial charge is 0.261 e. The Labute approximate surface area is 153 Å². The number of aromatic nitrogens is 3. The molecule has 0 fully saturated rings. The zero-order chi connectivity index (χ0) is 17.4. The maximum absolute atomic E-state index is 12.5. The van der Waals surface area contributed by atoms with Gasteiger partial charge in [0.1, 0.15) is 4.83 Å². The predicted molar refractivity (Wildman–Crippen MR) is 102 cm³/mol. The number of fused-ring (bicyclic) bond motifs is 1. The van der Waals surface area contributed by atoms with E-state index in [4.69, 9.17) is 0 Å². The topological polar surface area (TPSA) is 59.8 Å². The lowest BCUT2D eigenvalue weighted by Gasteiger charge is -2.02. The molecule has 0 saturated heterocycles. The molecule has 0 saturated carbocycles. The molecule has 0 bridgehead atoms. The third-order valence-corrected chi connectivity index (χ3v) is 5.88. The molecule has 3 heterocycles. The van der Waals surface area contributed by atoms with E-state index in [0.29, 0.717) is 11.4 Å². The van der Waals surface area contributed by atoms with Crippen molar-refractivity contribution >= 4 is 38.8 Å². The Morgan fingerprint density at radius 1 is 1.20 bits per heavy atom. The van der Waals surface area contributed by atoms with Gasteiger partial charge in [-0.15, -0.1) is 22.7 Å². The van der Waals surface area contributed by atoms with Crippen LogP contribution in [-0.2, 0) is 6.54 Å². The molecule has 25 heavy (non-hydrogen) atoms. The molecule has 126 valence electrons. The molecular formula is C18H16N4OS2. The Balaban J connectivity index is 1.61. The highest BCUT2D eigenvalue weighted by Gasteiger charge is 2.17. The average molecular weight is 368 g/mol. The normalized spacial score (nSPS) is 11.1. The maximum atomic E-state index is 12.5. The van der Waals surface area contributed by atoms with Crippen molar-refractivity contribution in [3.05, 3.63) is 63.1 Å². The van der Waals surface area contributed by atoms with Gasteiger partial charge in [0, 0.05) is 16.5 Å². The Kier molecular flexibility index (Phi) is 4.10. The molecule has 0 radical (unpaired) electrons. The van der Waals surface area contributed by atoms with E-state index < -0.39 is 0 Å². The van der Waals surface area contributed by atoms with E-state index in [1.165, 1.54) is 11.3 Å². The minimum atomic E-state index is -0.0636. The van der Waals surface area contributed by atoms with Crippen LogP contribution in [0.5, 0.6) is 0 Å². The molecule has 0 spiro atoms. The molecule has 1 aromatic carbocycles. The first-order valence-electron chi connectivity index (χ1n) is 7.86. The minimum Gasteiger partial charge on any atom is -0.346 e. The molecule has 1 amide bonds. The summed E-state index contributed by atoms with van der Waals surface area (Å²) in [6.07, 6.45) is 1.81. The van der Waals surface area contributed by atoms with Crippen molar-refractivity contribution < 1.29 is 4.79 Å². The quantitative estimate of drug-likeness (QED) is 0.590. The van der Waals surface area contributed by atoms with Crippen molar-refractivity contribution in [2.75, 3.05) is 0 Å². The Bertz CT molecular complexity index is 1050. The van der Waals surface area contributed by atoms with Gasteiger partial charge in [0.2, 0.25) is 0 Å². The lowest BCUT2D eigenvalue weighted by atomic mass is 10.3. The summed E-state index contributed by atoms with van der Waals surface area (Å²) in [6.45, 7) is 4.43. The largest absolute Gasteiger partial charge is 0.346 e. The van der Waals surface area contributed by atoms with Crippen molar-refractivity contribution in [1.29, 1.82) is 0 Å². The van der Waals surface area contributed by atoms with E-state index in [2.05, 4.69) is 15.4 Å². The van der Waals surface area contributed by atoms with Crippen LogP contribution in [0.25, 0.3) is 15.9 Å². The second-order valence-corrected chi connectivity index (χ2v) is 8.04. The molecule has 0 atom stereocenters. The third kappa shape index (κ3) is 3.08. The lowest BCUT2D eigenvalue weighted by molar-refractivity contribution is 0.0955. The van der Waals surface area contributed by atoms with Crippen molar-refractivity contribution in [1.82, 2.24) is 20.1 Å². The van der Waals surface area contributed by atoms with Gasteiger partial charge in [0.25, 0.3) is 5.91 Å². The molecule has 0 aliphatic heterocycles. The van der Waals surface area contributed by atoms with Crippen LogP contribution < -0.4 is 5.32 Å². The summed E-state index contributed by atoms with van der Waals surface area (Å²) in [4.78, 5) is 19.5. The average Bonchev–Trinajstić information content (AvgIpc) is 3.30. The summed E-state index contributed by atoms with van der Waals surface area (Å²) >= 11 is 3.06. The molecule has 5 nitrogen and oxygen atoms in total. The van der Waals surface area contributed by atoms with Crippen LogP contribution in [0, 0.1) is 13.8 Å². The zero-order valence-corrected chi connectivity index (χ0v) is 15.4. The van der Waals surface area contributed by atoms with Crippen molar-refractivity contribution in [2.45, 2.75) is 20.4 Å². The number of aryl methyl sites for hydroxylation is 2. The molecule has 0 aliphatic carbocycles. The number of thiophene rings is 1. The van der Waals surface area contributed by atoms with Crippen LogP contribution >= 0.6 is 22.7 Å². The predicted octanol–water partition coefficient (Wildman–Crippen LogP) is 4.09. The van der Waals surface area contributed by atoms with Gasteiger partial charge >= 0.3 is 0 Å². The van der Waals surface area contributed by atoms with Gasteiger partial charge in [0.05, 0.1) is 27.8 Å². The van der Waals surface area contributed by atoms with Crippen LogP contribution in [-0.4, -0.2) is 20.7 Å². The molecule has 1 N–H and O–H groups in total. The van der Waals surface area contributed by atoms with E-state index in [1.54, 1.807) is 11.3 Å². The lowest BCUT2D eigenvalue weighted by Crippen LogP contribution is -2.21. The molecule has 4 aromatic rings. The van der Waals surface area contributed by atoms with Gasteiger partial charge in [-0.25, -0.2) is 9.67 Å². The Morgan fingerprint density at radius 3 is 2.72 bits per heavy atom. The number of thiazole rings is 1. The van der Waals surface area contributed by atoms with Gasteiger partial charge in [-0.2, -0.15) is 5.10 Å². The molecule has 4 rings (SSSR count). The second kappa shape index (κ2) is 6.42. The number of nitrogens with zero attached hydrogens (tertiary/aromatic N) is 3. The summed E-state index contributed by atoms with van der Waals surface area (Å²) in [5.74, 6) is -0.0636. The van der Waals surface area contributed by atoms with Crippen molar-refractivity contribution in [3.63, 3.8) is 0 Å². The third-order valence-electron chi connectivity index (χ3n) is 3.86. The summed E-state index contributed by atoms with van der Waals surface area (Å²) in [7, 11) is 0. The van der Waals surface area contributed by atoms with E-state index >= 15 is 0 Å². The van der Waals surface area contributed by atoms with E-state index in [0.717, 1.165) is 31.5 Å². The SMILES string of the molecule is Cc1ncc(CNC(=O)c2cc3c(C)nn(-c4ccccc4)c3s2)s1. The van der Waals surface area contributed by atoms with Crippen molar-refractivity contribution in [3.8, 4) is 5.69 Å². The number of amides is 1. The van der Waals surface area contributed by atoms with Gasteiger partial charge in [-0.3, -0.25) is 4.79 Å². The van der Waals surface area contributed by atoms with Gasteiger partial charge in [0.15, 0.2) is 0 Å². The van der Waals surface area contributed by atoms with Gasteiger partial charge in [-0.05, 0) is 32.0 Å². The zero-order valence-electron chi connectivity index (χ0n) is 13.8. The molecule has 3 aromatic heterocycles. The van der Waals surface area contributed by atoms with Crippen molar-refractivity contribution in [2.24, 2.45) is 0 Å². The standard InChI is InChI=1S/C18H16N4OS2/c1-11-15-8-16(17(23)20-10-14-9-19-12(2)24-14)25-18(15)22(21-11)13-6-4-3-5-7-13/h3-9H,10H2,1-2H3,(H,20,23). The maximum Gasteiger partial charge on any atom is 0.261 e. The number of carbonyl (C=O) groups is 1. The fraction of sp³-hybridized carbons (Fsp3) is 0.167. The summed E-state index contributed by atoms with van der Waals surface area (Å²) in [6, 6.07) is 11.9. The minimum absolute atomic E-state index is 0.0636. The molecular weight excluding hydrogens is 352 g/mol. The van der Waals surface area contributed by atoms with E-state index in [-0.39, 0.29) is 5.91 Å². The van der Waals surface area contributed by atoms with Crippen LogP contribution in [0.1, 0.15) is 25.3 Å². The van der Waals surface area contributed by atoms with Crippen LogP contribution in [0.15, 0.2) is 42.6 Å². The first-order chi connectivity index (χ1) is 12.1. The monoisotopic (exact) mass is 368 g/mol.